The Bertz CT molecular complexity index is 1050. The summed E-state index contributed by atoms with van der Waals surface area (Å²) in [4.78, 5) is 12.8. The zero-order chi connectivity index (χ0) is 22.5. The highest BCUT2D eigenvalue weighted by atomic mass is 35.5. The molecular formula is C19H20Cl2FN5O4. The van der Waals surface area contributed by atoms with E-state index in [2.05, 4.69) is 20.0 Å². The lowest BCUT2D eigenvalue weighted by Crippen LogP contribution is -2.34. The maximum atomic E-state index is 14.5. The van der Waals surface area contributed by atoms with Gasteiger partial charge >= 0.3 is 0 Å². The van der Waals surface area contributed by atoms with Crippen molar-refractivity contribution >= 4 is 23.2 Å². The summed E-state index contributed by atoms with van der Waals surface area (Å²) >= 11 is 12.5. The Balaban J connectivity index is 1.80. The Morgan fingerprint density at radius 3 is 2.61 bits per heavy atom. The number of nitrogens with zero attached hydrogens (tertiary/aromatic N) is 3. The van der Waals surface area contributed by atoms with Crippen LogP contribution in [-0.2, 0) is 4.84 Å². The molecule has 31 heavy (non-hydrogen) atoms. The minimum atomic E-state index is -0.675. The molecule has 9 nitrogen and oxygen atoms in total. The first-order valence-corrected chi connectivity index (χ1v) is 9.89. The number of rotatable bonds is 9. The quantitative estimate of drug-likeness (QED) is 0.448. The van der Waals surface area contributed by atoms with E-state index < -0.39 is 11.9 Å². The van der Waals surface area contributed by atoms with Crippen LogP contribution < -0.4 is 21.1 Å². The fraction of sp³-hybridized carbons (Fsp3) is 0.316. The highest BCUT2D eigenvalue weighted by Gasteiger charge is 2.19. The molecule has 166 valence electrons. The smallest absolute Gasteiger partial charge is 0.259 e. The molecule has 3 aromatic rings. The third kappa shape index (κ3) is 5.81. The van der Waals surface area contributed by atoms with Crippen molar-refractivity contribution in [3.63, 3.8) is 0 Å². The second-order valence-corrected chi connectivity index (χ2v) is 7.58. The maximum absolute atomic E-state index is 14.5. The summed E-state index contributed by atoms with van der Waals surface area (Å²) in [5.74, 6) is 4.69. The van der Waals surface area contributed by atoms with Gasteiger partial charge in [-0.1, -0.05) is 28.4 Å². The van der Waals surface area contributed by atoms with E-state index in [0.29, 0.717) is 11.4 Å². The molecule has 3 rings (SSSR count). The van der Waals surface area contributed by atoms with E-state index in [9.17, 15) is 4.39 Å². The average molecular weight is 472 g/mol. The first-order valence-electron chi connectivity index (χ1n) is 9.14. The Kier molecular flexibility index (Phi) is 7.63. The van der Waals surface area contributed by atoms with Crippen LogP contribution in [0.25, 0.3) is 22.8 Å². The monoisotopic (exact) mass is 471 g/mol. The van der Waals surface area contributed by atoms with Crippen LogP contribution in [0.2, 0.25) is 10.0 Å². The molecule has 0 aliphatic carbocycles. The molecule has 2 heterocycles. The van der Waals surface area contributed by atoms with Gasteiger partial charge in [-0.3, -0.25) is 0 Å². The number of pyridine rings is 1. The van der Waals surface area contributed by atoms with Crippen LogP contribution in [0.5, 0.6) is 11.6 Å². The topological polar surface area (TPSA) is 132 Å². The van der Waals surface area contributed by atoms with E-state index in [1.54, 1.807) is 6.07 Å². The molecule has 2 aromatic heterocycles. The normalized spacial score (nSPS) is 12.3. The number of halogens is 3. The van der Waals surface area contributed by atoms with Crippen LogP contribution in [0.4, 0.5) is 4.39 Å². The third-order valence-electron chi connectivity index (χ3n) is 3.85. The molecule has 1 aromatic carbocycles. The molecule has 0 aliphatic rings. The van der Waals surface area contributed by atoms with Gasteiger partial charge in [-0.25, -0.2) is 15.3 Å². The molecule has 0 spiro atoms. The highest BCUT2D eigenvalue weighted by molar-refractivity contribution is 6.33. The number of benzene rings is 1. The van der Waals surface area contributed by atoms with E-state index in [-0.39, 0.29) is 52.4 Å². The van der Waals surface area contributed by atoms with Crippen molar-refractivity contribution in [3.8, 4) is 34.5 Å². The fourth-order valence-corrected chi connectivity index (χ4v) is 2.93. The minimum Gasteiger partial charge on any atom is -0.489 e. The summed E-state index contributed by atoms with van der Waals surface area (Å²) in [6.45, 7) is 3.76. The first kappa shape index (κ1) is 23.2. The molecule has 4 N–H and O–H groups in total. The van der Waals surface area contributed by atoms with E-state index in [0.717, 1.165) is 6.07 Å². The molecule has 0 bridgehead atoms. The van der Waals surface area contributed by atoms with Gasteiger partial charge in [-0.15, -0.1) is 0 Å². The Hall–Kier alpha value is -2.50. The molecule has 0 fully saturated rings. The molecular weight excluding hydrogens is 452 g/mol. The summed E-state index contributed by atoms with van der Waals surface area (Å²) in [5.41, 5.74) is 6.39. The SMILES string of the molecule is CC(C)Oc1ncc(-c2nc(-c3cc(F)c(OC[C@H](N)CON)cc3Cl)no2)cc1Cl. The summed E-state index contributed by atoms with van der Waals surface area (Å²) in [6.07, 6.45) is 1.40. The van der Waals surface area contributed by atoms with Crippen molar-refractivity contribution in [2.45, 2.75) is 26.0 Å². The van der Waals surface area contributed by atoms with Gasteiger partial charge in [-0.2, -0.15) is 4.98 Å². The lowest BCUT2D eigenvalue weighted by atomic mass is 10.2. The van der Waals surface area contributed by atoms with Crippen LogP contribution in [0.1, 0.15) is 13.8 Å². The number of hydrogen-bond acceptors (Lipinski definition) is 9. The van der Waals surface area contributed by atoms with Gasteiger partial charge in [0.25, 0.3) is 5.89 Å². The summed E-state index contributed by atoms with van der Waals surface area (Å²) in [7, 11) is 0. The van der Waals surface area contributed by atoms with Crippen LogP contribution in [-0.4, -0.2) is 40.5 Å². The zero-order valence-corrected chi connectivity index (χ0v) is 18.2. The van der Waals surface area contributed by atoms with Crippen molar-refractivity contribution in [3.05, 3.63) is 40.3 Å². The van der Waals surface area contributed by atoms with Crippen molar-refractivity contribution in [1.29, 1.82) is 0 Å². The van der Waals surface area contributed by atoms with Crippen molar-refractivity contribution in [2.24, 2.45) is 11.6 Å². The fourth-order valence-electron chi connectivity index (χ4n) is 2.48. The van der Waals surface area contributed by atoms with Gasteiger partial charge in [0.15, 0.2) is 11.6 Å². The Morgan fingerprint density at radius 2 is 1.94 bits per heavy atom. The molecule has 0 saturated carbocycles. The minimum absolute atomic E-state index is 0.0135. The molecule has 1 atom stereocenters. The first-order chi connectivity index (χ1) is 14.8. The standard InChI is InChI=1S/C19H20Cl2FN5O4/c1-9(2)30-19-14(21)3-10(6-25-19)18-26-17(27-31-18)12-4-15(22)16(5-13(12)20)28-7-11(23)8-29-24/h3-6,9,11H,7-8,23-24H2,1-2H3/t11-/m0/s1. The predicted molar refractivity (Wildman–Crippen MR) is 112 cm³/mol. The van der Waals surface area contributed by atoms with Gasteiger partial charge in [0.1, 0.15) is 11.6 Å². The lowest BCUT2D eigenvalue weighted by molar-refractivity contribution is 0.106. The van der Waals surface area contributed by atoms with Gasteiger partial charge in [0, 0.05) is 17.8 Å². The summed E-state index contributed by atoms with van der Waals surface area (Å²) in [5, 5.41) is 4.31. The van der Waals surface area contributed by atoms with Gasteiger partial charge in [-0.05, 0) is 26.0 Å². The largest absolute Gasteiger partial charge is 0.489 e. The Morgan fingerprint density at radius 1 is 1.16 bits per heavy atom. The van der Waals surface area contributed by atoms with Crippen molar-refractivity contribution in [1.82, 2.24) is 15.1 Å². The van der Waals surface area contributed by atoms with Crippen LogP contribution in [0.3, 0.4) is 0 Å². The molecule has 0 unspecified atom stereocenters. The predicted octanol–water partition coefficient (Wildman–Crippen LogP) is 3.63. The summed E-state index contributed by atoms with van der Waals surface area (Å²) < 4.78 is 30.6. The molecule has 12 heteroatoms. The zero-order valence-electron chi connectivity index (χ0n) is 16.6. The maximum Gasteiger partial charge on any atom is 0.259 e. The Labute approximate surface area is 187 Å². The number of hydrogen-bond donors (Lipinski definition) is 2. The lowest BCUT2D eigenvalue weighted by Gasteiger charge is -2.13. The van der Waals surface area contributed by atoms with Crippen molar-refractivity contribution < 1.29 is 23.2 Å². The number of nitrogens with two attached hydrogens (primary N) is 2. The molecule has 0 radical (unpaired) electrons. The van der Waals surface area contributed by atoms with Crippen molar-refractivity contribution in [2.75, 3.05) is 13.2 Å². The van der Waals surface area contributed by atoms with Gasteiger partial charge < -0.3 is 24.6 Å². The van der Waals surface area contributed by atoms with E-state index in [1.165, 1.54) is 12.3 Å². The van der Waals surface area contributed by atoms with E-state index in [4.69, 9.17) is 48.8 Å². The van der Waals surface area contributed by atoms with Gasteiger partial charge in [0.05, 0.1) is 29.3 Å². The number of aromatic nitrogens is 3. The highest BCUT2D eigenvalue weighted by Crippen LogP contribution is 2.34. The third-order valence-corrected chi connectivity index (χ3v) is 4.44. The molecule has 0 saturated heterocycles. The van der Waals surface area contributed by atoms with Crippen LogP contribution in [0, 0.1) is 5.82 Å². The molecule has 0 amide bonds. The second kappa shape index (κ2) is 10.2. The molecule has 0 aliphatic heterocycles. The average Bonchev–Trinajstić information content (AvgIpc) is 3.19. The van der Waals surface area contributed by atoms with Crippen LogP contribution >= 0.6 is 23.2 Å². The van der Waals surface area contributed by atoms with E-state index >= 15 is 0 Å². The second-order valence-electron chi connectivity index (χ2n) is 6.77. The van der Waals surface area contributed by atoms with Gasteiger partial charge in [0.2, 0.25) is 11.7 Å². The summed E-state index contributed by atoms with van der Waals surface area (Å²) in [6, 6.07) is 3.49. The van der Waals surface area contributed by atoms with Crippen LogP contribution in [0.15, 0.2) is 28.9 Å². The number of ether oxygens (including phenoxy) is 2. The van der Waals surface area contributed by atoms with E-state index in [1.807, 2.05) is 13.8 Å².